The molecule has 0 aliphatic carbocycles. The Kier molecular flexibility index (Phi) is 5.68. The lowest BCUT2D eigenvalue weighted by molar-refractivity contribution is -0.121. The van der Waals surface area contributed by atoms with Gasteiger partial charge in [0, 0.05) is 23.9 Å². The molecule has 0 aromatic carbocycles. The molecule has 18 heavy (non-hydrogen) atoms. The van der Waals surface area contributed by atoms with Gasteiger partial charge in [-0.3, -0.25) is 4.79 Å². The Bertz CT molecular complexity index is 345. The second-order valence-corrected chi connectivity index (χ2v) is 5.90. The molecule has 1 saturated heterocycles. The molecule has 0 spiro atoms. The Morgan fingerprint density at radius 3 is 3.17 bits per heavy atom. The first-order valence-corrected chi connectivity index (χ1v) is 7.75. The molecular weight excluding hydrogens is 244 g/mol. The average molecular weight is 266 g/mol. The Hall–Kier alpha value is -0.870. The summed E-state index contributed by atoms with van der Waals surface area (Å²) in [5.41, 5.74) is 0. The van der Waals surface area contributed by atoms with Crippen LogP contribution in [0.1, 0.15) is 37.0 Å². The minimum absolute atomic E-state index is 0.193. The molecule has 1 aliphatic heterocycles. The highest BCUT2D eigenvalue weighted by atomic mass is 32.1. The molecular formula is C14H22N2OS. The van der Waals surface area contributed by atoms with E-state index in [1.54, 1.807) is 11.3 Å². The summed E-state index contributed by atoms with van der Waals surface area (Å²) < 4.78 is 0. The Morgan fingerprint density at radius 1 is 1.50 bits per heavy atom. The standard InChI is InChI=1S/C14H22N2OS/c17-14(7-6-12-4-1-2-9-15-12)16-10-8-13-5-3-11-18-13/h3,5,11-12,15H,1-2,4,6-10H2,(H,16,17). The Labute approximate surface area is 113 Å². The van der Waals surface area contributed by atoms with E-state index in [1.165, 1.54) is 24.1 Å². The minimum atomic E-state index is 0.193. The van der Waals surface area contributed by atoms with Gasteiger partial charge in [-0.25, -0.2) is 0 Å². The fraction of sp³-hybridized carbons (Fsp3) is 0.643. The quantitative estimate of drug-likeness (QED) is 0.829. The maximum Gasteiger partial charge on any atom is 0.220 e. The van der Waals surface area contributed by atoms with Gasteiger partial charge in [0.05, 0.1) is 0 Å². The molecule has 1 atom stereocenters. The summed E-state index contributed by atoms with van der Waals surface area (Å²) in [6.45, 7) is 1.88. The summed E-state index contributed by atoms with van der Waals surface area (Å²) >= 11 is 1.75. The normalized spacial score (nSPS) is 19.7. The van der Waals surface area contributed by atoms with Gasteiger partial charge in [0.1, 0.15) is 0 Å². The third-order valence-electron chi connectivity index (χ3n) is 3.41. The molecule has 0 bridgehead atoms. The first-order chi connectivity index (χ1) is 8.84. The van der Waals surface area contributed by atoms with E-state index in [1.807, 2.05) is 0 Å². The Morgan fingerprint density at radius 2 is 2.44 bits per heavy atom. The topological polar surface area (TPSA) is 41.1 Å². The van der Waals surface area contributed by atoms with Crippen molar-refractivity contribution in [2.75, 3.05) is 13.1 Å². The zero-order valence-electron chi connectivity index (χ0n) is 10.8. The zero-order valence-corrected chi connectivity index (χ0v) is 11.6. The molecule has 2 rings (SSSR count). The fourth-order valence-electron chi connectivity index (χ4n) is 2.34. The van der Waals surface area contributed by atoms with Crippen molar-refractivity contribution in [1.29, 1.82) is 0 Å². The van der Waals surface area contributed by atoms with Gasteiger partial charge >= 0.3 is 0 Å². The lowest BCUT2D eigenvalue weighted by Gasteiger charge is -2.23. The molecule has 1 aliphatic rings. The van der Waals surface area contributed by atoms with Gasteiger partial charge < -0.3 is 10.6 Å². The van der Waals surface area contributed by atoms with E-state index in [0.29, 0.717) is 12.5 Å². The first-order valence-electron chi connectivity index (χ1n) is 6.87. The first kappa shape index (κ1) is 13.6. The van der Waals surface area contributed by atoms with Crippen LogP contribution in [0.5, 0.6) is 0 Å². The van der Waals surface area contributed by atoms with Crippen LogP contribution >= 0.6 is 11.3 Å². The van der Waals surface area contributed by atoms with E-state index in [-0.39, 0.29) is 5.91 Å². The van der Waals surface area contributed by atoms with E-state index in [9.17, 15) is 4.79 Å². The molecule has 1 unspecified atom stereocenters. The third kappa shape index (κ3) is 4.78. The van der Waals surface area contributed by atoms with E-state index in [4.69, 9.17) is 0 Å². The van der Waals surface area contributed by atoms with E-state index in [2.05, 4.69) is 28.1 Å². The van der Waals surface area contributed by atoms with Gasteiger partial charge in [-0.2, -0.15) is 0 Å². The Balaban J connectivity index is 1.54. The van der Waals surface area contributed by atoms with E-state index >= 15 is 0 Å². The predicted molar refractivity (Wildman–Crippen MR) is 75.9 cm³/mol. The summed E-state index contributed by atoms with van der Waals surface area (Å²) in [4.78, 5) is 13.0. The predicted octanol–water partition coefficient (Wildman–Crippen LogP) is 2.33. The summed E-state index contributed by atoms with van der Waals surface area (Å²) in [5.74, 6) is 0.193. The van der Waals surface area contributed by atoms with Gasteiger partial charge in [-0.15, -0.1) is 11.3 Å². The van der Waals surface area contributed by atoms with E-state index in [0.717, 1.165) is 25.9 Å². The molecule has 2 heterocycles. The SMILES string of the molecule is O=C(CCC1CCCCN1)NCCc1cccs1. The number of hydrogen-bond donors (Lipinski definition) is 2. The highest BCUT2D eigenvalue weighted by molar-refractivity contribution is 7.09. The molecule has 100 valence electrons. The van der Waals surface area contributed by atoms with Crippen molar-refractivity contribution < 1.29 is 4.79 Å². The van der Waals surface area contributed by atoms with Crippen LogP contribution in [0.2, 0.25) is 0 Å². The maximum absolute atomic E-state index is 11.7. The van der Waals surface area contributed by atoms with Crippen molar-refractivity contribution in [3.05, 3.63) is 22.4 Å². The lowest BCUT2D eigenvalue weighted by atomic mass is 10.0. The third-order valence-corrected chi connectivity index (χ3v) is 4.34. The number of carbonyl (C=O) groups is 1. The van der Waals surface area contributed by atoms with Crippen LogP contribution < -0.4 is 10.6 Å². The van der Waals surface area contributed by atoms with Crippen LogP contribution in [0.25, 0.3) is 0 Å². The van der Waals surface area contributed by atoms with Gasteiger partial charge in [-0.1, -0.05) is 12.5 Å². The maximum atomic E-state index is 11.7. The lowest BCUT2D eigenvalue weighted by Crippen LogP contribution is -2.35. The van der Waals surface area contributed by atoms with Crippen LogP contribution in [0.3, 0.4) is 0 Å². The molecule has 0 saturated carbocycles. The average Bonchev–Trinajstić information content (AvgIpc) is 2.91. The molecule has 4 heteroatoms. The second kappa shape index (κ2) is 7.54. The summed E-state index contributed by atoms with van der Waals surface area (Å²) in [6.07, 6.45) is 6.39. The number of thiophene rings is 1. The molecule has 1 aromatic rings. The van der Waals surface area contributed by atoms with Crippen LogP contribution in [0, 0.1) is 0 Å². The summed E-state index contributed by atoms with van der Waals surface area (Å²) in [6, 6.07) is 4.72. The number of nitrogens with one attached hydrogen (secondary N) is 2. The van der Waals surface area contributed by atoms with Gasteiger partial charge in [0.25, 0.3) is 0 Å². The smallest absolute Gasteiger partial charge is 0.220 e. The highest BCUT2D eigenvalue weighted by Crippen LogP contribution is 2.11. The van der Waals surface area contributed by atoms with Gasteiger partial charge in [-0.05, 0) is 43.7 Å². The van der Waals surface area contributed by atoms with Crippen molar-refractivity contribution >= 4 is 17.2 Å². The monoisotopic (exact) mass is 266 g/mol. The highest BCUT2D eigenvalue weighted by Gasteiger charge is 2.13. The molecule has 3 nitrogen and oxygen atoms in total. The van der Waals surface area contributed by atoms with Gasteiger partial charge in [0.15, 0.2) is 0 Å². The van der Waals surface area contributed by atoms with Crippen LogP contribution in [-0.4, -0.2) is 25.0 Å². The zero-order chi connectivity index (χ0) is 12.6. The molecule has 1 fully saturated rings. The van der Waals surface area contributed by atoms with Gasteiger partial charge in [0.2, 0.25) is 5.91 Å². The van der Waals surface area contributed by atoms with Crippen LogP contribution in [0.15, 0.2) is 17.5 Å². The van der Waals surface area contributed by atoms with Crippen molar-refractivity contribution in [3.8, 4) is 0 Å². The number of piperidine rings is 1. The minimum Gasteiger partial charge on any atom is -0.356 e. The largest absolute Gasteiger partial charge is 0.356 e. The number of carbonyl (C=O) groups excluding carboxylic acids is 1. The number of hydrogen-bond acceptors (Lipinski definition) is 3. The summed E-state index contributed by atoms with van der Waals surface area (Å²) in [7, 11) is 0. The summed E-state index contributed by atoms with van der Waals surface area (Å²) in [5, 5.41) is 8.55. The molecule has 2 N–H and O–H groups in total. The van der Waals surface area contributed by atoms with Crippen molar-refractivity contribution in [3.63, 3.8) is 0 Å². The van der Waals surface area contributed by atoms with Crippen molar-refractivity contribution in [1.82, 2.24) is 10.6 Å². The fourth-order valence-corrected chi connectivity index (χ4v) is 3.05. The van der Waals surface area contributed by atoms with Crippen molar-refractivity contribution in [2.24, 2.45) is 0 Å². The second-order valence-electron chi connectivity index (χ2n) is 4.86. The number of rotatable bonds is 6. The molecule has 1 aromatic heterocycles. The molecule has 0 radical (unpaired) electrons. The molecule has 1 amide bonds. The van der Waals surface area contributed by atoms with Crippen LogP contribution in [0.4, 0.5) is 0 Å². The van der Waals surface area contributed by atoms with E-state index < -0.39 is 0 Å². The van der Waals surface area contributed by atoms with Crippen LogP contribution in [-0.2, 0) is 11.2 Å². The van der Waals surface area contributed by atoms with Crippen molar-refractivity contribution in [2.45, 2.75) is 44.6 Å². The number of amides is 1.